The maximum Gasteiger partial charge on any atom is 0.258 e. The van der Waals surface area contributed by atoms with Crippen molar-refractivity contribution in [3.05, 3.63) is 70.0 Å². The number of nitriles is 1. The fraction of sp³-hybridized carbons (Fsp3) is 0.105. The maximum absolute atomic E-state index is 12.6. The molecule has 0 saturated carbocycles. The van der Waals surface area contributed by atoms with Crippen LogP contribution in [0.25, 0.3) is 11.3 Å². The number of aromatic nitrogens is 1. The molecule has 4 nitrogen and oxygen atoms in total. The van der Waals surface area contributed by atoms with Gasteiger partial charge in [-0.05, 0) is 37.3 Å². The second-order valence-electron chi connectivity index (χ2n) is 5.36. The maximum atomic E-state index is 12.6. The van der Waals surface area contributed by atoms with Crippen LogP contribution in [0.5, 0.6) is 0 Å². The Morgan fingerprint density at radius 2 is 1.96 bits per heavy atom. The average Bonchev–Trinajstić information content (AvgIpc) is 3.07. The van der Waals surface area contributed by atoms with E-state index < -0.39 is 0 Å². The third-order valence-corrected chi connectivity index (χ3v) is 4.49. The number of hydrogen-bond acceptors (Lipinski definition) is 4. The molecule has 0 saturated heterocycles. The van der Waals surface area contributed by atoms with Crippen molar-refractivity contribution in [2.75, 3.05) is 11.9 Å². The molecule has 3 rings (SSSR count). The minimum absolute atomic E-state index is 0.119. The highest BCUT2D eigenvalue weighted by molar-refractivity contribution is 7.09. The van der Waals surface area contributed by atoms with Crippen LogP contribution in [0, 0.1) is 18.3 Å². The van der Waals surface area contributed by atoms with E-state index in [1.54, 1.807) is 53.6 Å². The van der Waals surface area contributed by atoms with Crippen LogP contribution in [-0.4, -0.2) is 17.9 Å². The van der Waals surface area contributed by atoms with Gasteiger partial charge < -0.3 is 4.90 Å². The number of aryl methyl sites for hydroxylation is 1. The van der Waals surface area contributed by atoms with Crippen molar-refractivity contribution >= 4 is 22.9 Å². The molecule has 24 heavy (non-hydrogen) atoms. The fourth-order valence-corrected chi connectivity index (χ4v) is 3.00. The van der Waals surface area contributed by atoms with E-state index in [0.29, 0.717) is 16.8 Å². The summed E-state index contributed by atoms with van der Waals surface area (Å²) in [5, 5.41) is 12.0. The zero-order chi connectivity index (χ0) is 17.1. The third kappa shape index (κ3) is 3.19. The van der Waals surface area contributed by atoms with Crippen molar-refractivity contribution in [1.29, 1.82) is 5.26 Å². The summed E-state index contributed by atoms with van der Waals surface area (Å²) < 4.78 is 0. The summed E-state index contributed by atoms with van der Waals surface area (Å²) >= 11 is 1.60. The lowest BCUT2D eigenvalue weighted by Gasteiger charge is -2.17. The molecule has 0 aliphatic heterocycles. The second-order valence-corrected chi connectivity index (χ2v) is 6.42. The average molecular weight is 333 g/mol. The predicted octanol–water partition coefficient (Wildman–Crippen LogP) is 4.27. The highest BCUT2D eigenvalue weighted by Gasteiger charge is 2.14. The molecule has 0 fully saturated rings. The number of thiazole rings is 1. The van der Waals surface area contributed by atoms with Gasteiger partial charge in [0.2, 0.25) is 0 Å². The van der Waals surface area contributed by atoms with Crippen molar-refractivity contribution in [1.82, 2.24) is 4.98 Å². The molecule has 5 heteroatoms. The Balaban J connectivity index is 1.83. The van der Waals surface area contributed by atoms with Crippen molar-refractivity contribution in [2.24, 2.45) is 0 Å². The highest BCUT2D eigenvalue weighted by atomic mass is 32.1. The molecular formula is C19H15N3OS. The van der Waals surface area contributed by atoms with Crippen LogP contribution in [0.3, 0.4) is 0 Å². The van der Waals surface area contributed by atoms with E-state index in [0.717, 1.165) is 16.3 Å². The van der Waals surface area contributed by atoms with Gasteiger partial charge in [0.05, 0.1) is 22.3 Å². The number of benzene rings is 2. The Morgan fingerprint density at radius 3 is 2.58 bits per heavy atom. The summed E-state index contributed by atoms with van der Waals surface area (Å²) in [6.07, 6.45) is 0. The molecule has 0 N–H and O–H groups in total. The SMILES string of the molecule is Cc1nc(-c2ccc(C(=O)N(C)c3cccc(C#N)c3)cc2)cs1. The van der Waals surface area contributed by atoms with Crippen LogP contribution in [0.2, 0.25) is 0 Å². The lowest BCUT2D eigenvalue weighted by atomic mass is 10.1. The zero-order valence-electron chi connectivity index (χ0n) is 13.4. The van der Waals surface area contributed by atoms with Gasteiger partial charge in [0, 0.05) is 29.2 Å². The Morgan fingerprint density at radius 1 is 1.21 bits per heavy atom. The molecule has 0 aliphatic carbocycles. The topological polar surface area (TPSA) is 57.0 Å². The van der Waals surface area contributed by atoms with E-state index >= 15 is 0 Å². The summed E-state index contributed by atoms with van der Waals surface area (Å²) in [5.41, 5.74) is 3.73. The first-order valence-electron chi connectivity index (χ1n) is 7.39. The van der Waals surface area contributed by atoms with Gasteiger partial charge >= 0.3 is 0 Å². The van der Waals surface area contributed by atoms with Crippen LogP contribution in [0.1, 0.15) is 20.9 Å². The fourth-order valence-electron chi connectivity index (χ4n) is 2.37. The van der Waals surface area contributed by atoms with Gasteiger partial charge in [0.1, 0.15) is 0 Å². The molecule has 3 aromatic rings. The van der Waals surface area contributed by atoms with Gasteiger partial charge in [0.15, 0.2) is 0 Å². The first-order valence-corrected chi connectivity index (χ1v) is 8.27. The van der Waals surface area contributed by atoms with Gasteiger partial charge in [0.25, 0.3) is 5.91 Å². The van der Waals surface area contributed by atoms with E-state index in [9.17, 15) is 4.79 Å². The number of carbonyl (C=O) groups is 1. The smallest absolute Gasteiger partial charge is 0.258 e. The molecule has 1 aromatic heterocycles. The number of hydrogen-bond donors (Lipinski definition) is 0. The summed E-state index contributed by atoms with van der Waals surface area (Å²) in [4.78, 5) is 18.6. The number of rotatable bonds is 3. The van der Waals surface area contributed by atoms with Crippen molar-refractivity contribution in [3.63, 3.8) is 0 Å². The number of nitrogens with zero attached hydrogens (tertiary/aromatic N) is 3. The van der Waals surface area contributed by atoms with E-state index in [-0.39, 0.29) is 5.91 Å². The molecule has 0 radical (unpaired) electrons. The van der Waals surface area contributed by atoms with E-state index in [1.807, 2.05) is 30.5 Å². The minimum atomic E-state index is -0.119. The van der Waals surface area contributed by atoms with E-state index in [1.165, 1.54) is 0 Å². The monoisotopic (exact) mass is 333 g/mol. The van der Waals surface area contributed by atoms with Gasteiger partial charge in [-0.3, -0.25) is 4.79 Å². The Labute approximate surface area is 144 Å². The first-order chi connectivity index (χ1) is 11.6. The molecule has 0 bridgehead atoms. The molecule has 2 aromatic carbocycles. The van der Waals surface area contributed by atoms with Gasteiger partial charge in [-0.2, -0.15) is 5.26 Å². The van der Waals surface area contributed by atoms with Crippen LogP contribution < -0.4 is 4.90 Å². The van der Waals surface area contributed by atoms with Crippen molar-refractivity contribution in [2.45, 2.75) is 6.92 Å². The Hall–Kier alpha value is -2.97. The molecule has 0 unspecified atom stereocenters. The van der Waals surface area contributed by atoms with Gasteiger partial charge in [-0.1, -0.05) is 18.2 Å². The van der Waals surface area contributed by atoms with E-state index in [4.69, 9.17) is 5.26 Å². The third-order valence-electron chi connectivity index (χ3n) is 3.71. The predicted molar refractivity (Wildman–Crippen MR) is 96.2 cm³/mol. The highest BCUT2D eigenvalue weighted by Crippen LogP contribution is 2.23. The molecule has 0 spiro atoms. The lowest BCUT2D eigenvalue weighted by molar-refractivity contribution is 0.0993. The number of carbonyl (C=O) groups excluding carboxylic acids is 1. The zero-order valence-corrected chi connectivity index (χ0v) is 14.2. The lowest BCUT2D eigenvalue weighted by Crippen LogP contribution is -2.26. The molecule has 1 heterocycles. The van der Waals surface area contributed by atoms with Crippen LogP contribution in [-0.2, 0) is 0 Å². The summed E-state index contributed by atoms with van der Waals surface area (Å²) in [6, 6.07) is 16.5. The number of anilines is 1. The summed E-state index contributed by atoms with van der Waals surface area (Å²) in [7, 11) is 1.70. The molecular weight excluding hydrogens is 318 g/mol. The van der Waals surface area contributed by atoms with Crippen LogP contribution >= 0.6 is 11.3 Å². The summed E-state index contributed by atoms with van der Waals surface area (Å²) in [5.74, 6) is -0.119. The van der Waals surface area contributed by atoms with Crippen molar-refractivity contribution < 1.29 is 4.79 Å². The molecule has 0 aliphatic rings. The first kappa shape index (κ1) is 15.9. The van der Waals surface area contributed by atoms with E-state index in [2.05, 4.69) is 11.1 Å². The molecule has 118 valence electrons. The Bertz CT molecular complexity index is 922. The second kappa shape index (κ2) is 6.65. The van der Waals surface area contributed by atoms with Crippen molar-refractivity contribution in [3.8, 4) is 17.3 Å². The number of amides is 1. The standard InChI is InChI=1S/C19H15N3OS/c1-13-21-18(12-24-13)15-6-8-16(9-7-15)19(23)22(2)17-5-3-4-14(10-17)11-20/h3-10,12H,1-2H3. The largest absolute Gasteiger partial charge is 0.311 e. The molecule has 1 amide bonds. The van der Waals surface area contributed by atoms with Crippen LogP contribution in [0.15, 0.2) is 53.9 Å². The summed E-state index contributed by atoms with van der Waals surface area (Å²) in [6.45, 7) is 1.97. The minimum Gasteiger partial charge on any atom is -0.311 e. The van der Waals surface area contributed by atoms with Gasteiger partial charge in [-0.25, -0.2) is 4.98 Å². The Kier molecular flexibility index (Phi) is 4.41. The molecule has 0 atom stereocenters. The quantitative estimate of drug-likeness (QED) is 0.719. The normalized spacial score (nSPS) is 10.2. The van der Waals surface area contributed by atoms with Gasteiger partial charge in [-0.15, -0.1) is 11.3 Å². The van der Waals surface area contributed by atoms with Crippen LogP contribution in [0.4, 0.5) is 5.69 Å².